The minimum absolute atomic E-state index is 0.0154. The quantitative estimate of drug-likeness (QED) is 0.0797. The number of hydrogen-bond donors (Lipinski definition) is 2. The third-order valence-electron chi connectivity index (χ3n) is 10.8. The van der Waals surface area contributed by atoms with E-state index >= 15 is 0 Å². The fourth-order valence-electron chi connectivity index (χ4n) is 8.93. The van der Waals surface area contributed by atoms with Gasteiger partial charge in [0, 0.05) is 0 Å². The van der Waals surface area contributed by atoms with Crippen LogP contribution in [0.4, 0.5) is 26.3 Å². The van der Waals surface area contributed by atoms with E-state index in [1.54, 1.807) is 36.4 Å². The molecule has 293 valence electrons. The van der Waals surface area contributed by atoms with Gasteiger partial charge >= 0.3 is 333 Å². The minimum atomic E-state index is -6.58. The SMILES string of the molecule is CC(C)CC1=Cc2c(-c3ccccc3C(F)(F)F)cccc2[CH]1[Hf]([Cl])([Cl])([B](NC=O)NC=O)[CH]1C(CC(C)C)=Cc2c(-c3ccccc3C(F)(F)F)cccc21. The number of halogens is 8. The molecular weight excluding hydrogens is 939 g/mol. The topological polar surface area (TPSA) is 58.2 Å². The van der Waals surface area contributed by atoms with Crippen molar-refractivity contribution in [3.8, 4) is 22.3 Å². The van der Waals surface area contributed by atoms with Crippen LogP contribution in [-0.4, -0.2) is 17.4 Å². The Labute approximate surface area is 330 Å². The number of fused-ring (bicyclic) bond motifs is 2. The Morgan fingerprint density at radius 3 is 1.30 bits per heavy atom. The monoisotopic (exact) mass is 979 g/mol. The summed E-state index contributed by atoms with van der Waals surface area (Å²) in [6.45, 7) is 7.94. The van der Waals surface area contributed by atoms with Gasteiger partial charge in [-0.25, -0.2) is 0 Å². The fourth-order valence-corrected chi connectivity index (χ4v) is 38.4. The van der Waals surface area contributed by atoms with Gasteiger partial charge in [-0.05, 0) is 0 Å². The van der Waals surface area contributed by atoms with Gasteiger partial charge in [-0.15, -0.1) is 0 Å². The van der Waals surface area contributed by atoms with Gasteiger partial charge in [0.25, 0.3) is 0 Å². The van der Waals surface area contributed by atoms with Crippen LogP contribution in [0.15, 0.2) is 96.1 Å². The van der Waals surface area contributed by atoms with Crippen LogP contribution in [0, 0.1) is 11.8 Å². The van der Waals surface area contributed by atoms with Crippen molar-refractivity contribution in [2.24, 2.45) is 11.8 Å². The number of alkyl halides is 6. The number of benzene rings is 4. The Kier molecular flexibility index (Phi) is 11.7. The molecule has 0 spiro atoms. The number of rotatable bonds is 13. The average Bonchev–Trinajstić information content (AvgIpc) is 3.69. The van der Waals surface area contributed by atoms with Crippen LogP contribution in [0.1, 0.15) is 81.3 Å². The summed E-state index contributed by atoms with van der Waals surface area (Å²) in [5, 5.41) is 5.47. The first kappa shape index (κ1) is 42.0. The van der Waals surface area contributed by atoms with Crippen molar-refractivity contribution in [2.45, 2.75) is 60.2 Å². The second-order valence-electron chi connectivity index (χ2n) is 15.4. The number of amides is 2. The molecule has 0 aliphatic heterocycles. The van der Waals surface area contributed by atoms with E-state index in [4.69, 9.17) is 17.2 Å². The number of nitrogens with one attached hydrogen (secondary N) is 2. The molecule has 14 heteroatoms. The Balaban J connectivity index is 1.71. The molecule has 0 fully saturated rings. The van der Waals surface area contributed by atoms with Crippen LogP contribution < -0.4 is 10.5 Å². The first-order valence-corrected chi connectivity index (χ1v) is 33.4. The third kappa shape index (κ3) is 7.46. The number of allylic oxidation sites excluding steroid dienone is 2. The third-order valence-corrected chi connectivity index (χ3v) is 39.5. The van der Waals surface area contributed by atoms with E-state index in [0.717, 1.165) is 23.3 Å². The van der Waals surface area contributed by atoms with Crippen molar-refractivity contribution >= 4 is 46.7 Å². The van der Waals surface area contributed by atoms with E-state index in [0.29, 0.717) is 59.0 Å². The summed E-state index contributed by atoms with van der Waals surface area (Å²) in [5.74, 6) is 0.0307. The maximum atomic E-state index is 14.5. The molecule has 0 aromatic heterocycles. The standard InChI is InChI=1S/2C20H18F3.C2H3BN2O2.2ClH.Hf/c2*1-13(2)10-14-11-15-6-5-8-16(18(15)12-14)17-7-3-4-9-19(17)20(21,22)23;6-1-4-3-5-2-7;;;/h2*3-9,11-13H,10H2,1-2H3;1-2H,(H-,4,5,6,7);2*1H;/q;;;;;+1/p-1. The average molecular weight is 979 g/mol. The summed E-state index contributed by atoms with van der Waals surface area (Å²) in [4.78, 5) is 24.9. The van der Waals surface area contributed by atoms with Crippen molar-refractivity contribution in [1.82, 2.24) is 10.5 Å². The Bertz CT molecular complexity index is 2090. The summed E-state index contributed by atoms with van der Waals surface area (Å²) in [5.41, 5.74) is 2.46. The van der Waals surface area contributed by atoms with Crippen LogP contribution in [-0.2, 0) is 37.8 Å². The van der Waals surface area contributed by atoms with E-state index in [-0.39, 0.29) is 23.0 Å². The molecule has 2 N–H and O–H groups in total. The number of carbonyl (C=O) groups excluding carboxylic acids is 2. The van der Waals surface area contributed by atoms with Crippen LogP contribution in [0.25, 0.3) is 34.4 Å². The molecule has 4 nitrogen and oxygen atoms in total. The fraction of sp³-hybridized carbons (Fsp3) is 0.286. The van der Waals surface area contributed by atoms with Gasteiger partial charge in [-0.1, -0.05) is 0 Å². The summed E-state index contributed by atoms with van der Waals surface area (Å²) >= 11 is -6.58. The van der Waals surface area contributed by atoms with E-state index in [1.807, 2.05) is 39.8 Å². The molecule has 0 saturated heterocycles. The second-order valence-corrected chi connectivity index (χ2v) is 45.9. The Morgan fingerprint density at radius 1 is 0.607 bits per heavy atom. The second kappa shape index (κ2) is 15.6. The zero-order chi connectivity index (χ0) is 40.8. The van der Waals surface area contributed by atoms with Crippen LogP contribution in [0.3, 0.4) is 0 Å². The van der Waals surface area contributed by atoms with Gasteiger partial charge in [0.2, 0.25) is 0 Å². The van der Waals surface area contributed by atoms with Crippen LogP contribution >= 0.6 is 17.2 Å². The van der Waals surface area contributed by atoms with Crippen LogP contribution in [0.2, 0.25) is 0 Å². The molecule has 2 aliphatic carbocycles. The molecule has 4 aromatic carbocycles. The first-order chi connectivity index (χ1) is 26.3. The van der Waals surface area contributed by atoms with E-state index in [1.165, 1.54) is 36.4 Å². The zero-order valence-electron chi connectivity index (χ0n) is 31.0. The van der Waals surface area contributed by atoms with E-state index in [9.17, 15) is 35.9 Å². The summed E-state index contributed by atoms with van der Waals surface area (Å²) < 4.78 is 83.8. The molecule has 0 heterocycles. The normalized spacial score (nSPS) is 17.4. The zero-order valence-corrected chi connectivity index (χ0v) is 36.1. The molecule has 4 aromatic rings. The Morgan fingerprint density at radius 2 is 0.964 bits per heavy atom. The van der Waals surface area contributed by atoms with Gasteiger partial charge in [0.15, 0.2) is 0 Å². The van der Waals surface area contributed by atoms with Crippen molar-refractivity contribution in [3.63, 3.8) is 0 Å². The summed E-state index contributed by atoms with van der Waals surface area (Å²) in [7, 11) is 16.9. The van der Waals surface area contributed by atoms with Crippen molar-refractivity contribution in [3.05, 3.63) is 129 Å². The van der Waals surface area contributed by atoms with Gasteiger partial charge in [0.1, 0.15) is 0 Å². The van der Waals surface area contributed by atoms with Crippen molar-refractivity contribution in [2.75, 3.05) is 0 Å². The molecule has 2 amide bonds. The molecule has 6 rings (SSSR count). The Hall–Kier alpha value is -3.60. The molecule has 2 aliphatic rings. The molecule has 0 saturated carbocycles. The molecular formula is C42H40BCl2F6HfN2O2. The van der Waals surface area contributed by atoms with Gasteiger partial charge in [-0.3, -0.25) is 0 Å². The number of carbonyl (C=O) groups is 2. The van der Waals surface area contributed by atoms with E-state index in [2.05, 4.69) is 10.5 Å². The molecule has 2 atom stereocenters. The number of hydrogen-bond acceptors (Lipinski definition) is 2. The summed E-state index contributed by atoms with van der Waals surface area (Å²) in [6, 6.07) is 20.7. The van der Waals surface area contributed by atoms with Crippen molar-refractivity contribution < 1.29 is 51.8 Å². The molecule has 2 unspecified atom stereocenters. The molecule has 0 radical (unpaired) electrons. The first-order valence-electron chi connectivity index (χ1n) is 18.3. The van der Waals surface area contributed by atoms with Crippen LogP contribution in [0.5, 0.6) is 0 Å². The molecule has 0 bridgehead atoms. The van der Waals surface area contributed by atoms with Gasteiger partial charge in [-0.2, -0.15) is 0 Å². The molecule has 56 heavy (non-hydrogen) atoms. The van der Waals surface area contributed by atoms with Gasteiger partial charge < -0.3 is 0 Å². The van der Waals surface area contributed by atoms with Crippen molar-refractivity contribution in [1.29, 1.82) is 0 Å². The predicted octanol–water partition coefficient (Wildman–Crippen LogP) is 12.2. The maximum absolute atomic E-state index is 14.5. The predicted molar refractivity (Wildman–Crippen MR) is 210 cm³/mol. The van der Waals surface area contributed by atoms with E-state index < -0.39 is 51.3 Å². The van der Waals surface area contributed by atoms with Gasteiger partial charge in [0.05, 0.1) is 0 Å². The summed E-state index contributed by atoms with van der Waals surface area (Å²) in [6.07, 6.45) is -3.99.